The zero-order chi connectivity index (χ0) is 22.1. The third-order valence-corrected chi connectivity index (χ3v) is 4.96. The molecule has 0 bridgehead atoms. The minimum atomic E-state index is -1.51. The zero-order valence-corrected chi connectivity index (χ0v) is 17.3. The molecular weight excluding hydrogens is 380 g/mol. The Labute approximate surface area is 172 Å². The number of nitro groups is 2. The van der Waals surface area contributed by atoms with Crippen LogP contribution < -0.4 is 0 Å². The molecule has 167 valence electrons. The van der Waals surface area contributed by atoms with Gasteiger partial charge >= 0.3 is 0 Å². The van der Waals surface area contributed by atoms with Crippen molar-refractivity contribution in [2.24, 2.45) is 0 Å². The van der Waals surface area contributed by atoms with E-state index in [2.05, 4.69) is 0 Å². The molecule has 0 aliphatic rings. The maximum Gasteiger partial charge on any atom is 0.242 e. The summed E-state index contributed by atoms with van der Waals surface area (Å²) in [5.74, 6) is 0. The monoisotopic (exact) mass is 415 g/mol. The van der Waals surface area contributed by atoms with Crippen LogP contribution in [0.3, 0.4) is 0 Å². The first kappa shape index (κ1) is 27.1. The molecule has 4 unspecified atom stereocenters. The molecule has 0 aliphatic heterocycles. The number of rotatable bonds is 19. The number of allylic oxidation sites excluding steroid dienone is 1. The summed E-state index contributed by atoms with van der Waals surface area (Å²) in [5, 5.41) is 42.8. The van der Waals surface area contributed by atoms with Gasteiger partial charge in [-0.15, -0.1) is 0 Å². The summed E-state index contributed by atoms with van der Waals surface area (Å²) in [6.07, 6.45) is 9.43. The van der Waals surface area contributed by atoms with Crippen molar-refractivity contribution in [2.45, 2.75) is 108 Å². The molecule has 9 heteroatoms. The Kier molecular flexibility index (Phi) is 15.9. The highest BCUT2D eigenvalue weighted by atomic mass is 16.6. The first-order valence-electron chi connectivity index (χ1n) is 10.5. The first-order valence-corrected chi connectivity index (χ1v) is 10.5. The van der Waals surface area contributed by atoms with Gasteiger partial charge in [-0.25, -0.2) is 0 Å². The van der Waals surface area contributed by atoms with Gasteiger partial charge in [-0.1, -0.05) is 51.2 Å². The van der Waals surface area contributed by atoms with Crippen LogP contribution >= 0.6 is 0 Å². The summed E-state index contributed by atoms with van der Waals surface area (Å²) in [5.41, 5.74) is 0. The zero-order valence-electron chi connectivity index (χ0n) is 17.3. The third-order valence-electron chi connectivity index (χ3n) is 4.96. The lowest BCUT2D eigenvalue weighted by Gasteiger charge is -2.20. The van der Waals surface area contributed by atoms with Crippen molar-refractivity contribution in [2.75, 3.05) is 0 Å². The van der Waals surface area contributed by atoms with Gasteiger partial charge in [0.15, 0.2) is 6.29 Å². The van der Waals surface area contributed by atoms with Gasteiger partial charge in [-0.3, -0.25) is 25.0 Å². The molecule has 0 aromatic heterocycles. The molecule has 0 saturated carbocycles. The summed E-state index contributed by atoms with van der Waals surface area (Å²) in [7, 11) is 0. The Hall–Kier alpha value is -1.87. The summed E-state index contributed by atoms with van der Waals surface area (Å²) in [6, 6.07) is -2.77. The molecule has 2 N–H and O–H groups in total. The Morgan fingerprint density at radius 2 is 1.55 bits per heavy atom. The minimum absolute atomic E-state index is 0.0232. The number of nitrogens with zero attached hydrogens (tertiary/aromatic N) is 2. The maximum atomic E-state index is 11.3. The molecular formula is C20H35N2O7. The molecule has 1 radical (unpaired) electrons. The number of unbranched alkanes of at least 4 members (excludes halogenated alkanes) is 7. The minimum Gasteiger partial charge on any atom is -0.386 e. The van der Waals surface area contributed by atoms with E-state index < -0.39 is 40.6 Å². The predicted octanol–water partition coefficient (Wildman–Crippen LogP) is 3.37. The summed E-state index contributed by atoms with van der Waals surface area (Å²) in [6.45, 7) is 1.98. The van der Waals surface area contributed by atoms with Crippen molar-refractivity contribution in [1.29, 1.82) is 0 Å². The summed E-state index contributed by atoms with van der Waals surface area (Å²) < 4.78 is 0. The smallest absolute Gasteiger partial charge is 0.242 e. The van der Waals surface area contributed by atoms with Crippen LogP contribution in [0.4, 0.5) is 0 Å². The molecule has 29 heavy (non-hydrogen) atoms. The van der Waals surface area contributed by atoms with Crippen LogP contribution in [0.2, 0.25) is 0 Å². The van der Waals surface area contributed by atoms with Gasteiger partial charge in [0.05, 0.1) is 6.42 Å². The Morgan fingerprint density at radius 3 is 2.14 bits per heavy atom. The van der Waals surface area contributed by atoms with E-state index in [1.165, 1.54) is 0 Å². The van der Waals surface area contributed by atoms with Crippen LogP contribution in [0.15, 0.2) is 12.2 Å². The average Bonchev–Trinajstić information content (AvgIpc) is 2.67. The SMILES string of the molecule is CCCCCC(O)C(CC(O)C(C/C=C\CCCCCC[C]=O)[N+](=O)[O-])[N+](=O)[O-]. The summed E-state index contributed by atoms with van der Waals surface area (Å²) in [4.78, 5) is 31.4. The van der Waals surface area contributed by atoms with Crippen molar-refractivity contribution in [3.8, 4) is 0 Å². The lowest BCUT2D eigenvalue weighted by atomic mass is 9.95. The quantitative estimate of drug-likeness (QED) is 0.142. The first-order chi connectivity index (χ1) is 13.8. The topological polar surface area (TPSA) is 144 Å². The van der Waals surface area contributed by atoms with Gasteiger partial charge in [-0.2, -0.15) is 0 Å². The van der Waals surface area contributed by atoms with E-state index in [1.807, 2.05) is 13.2 Å². The third kappa shape index (κ3) is 13.1. The molecule has 0 saturated heterocycles. The maximum absolute atomic E-state index is 11.3. The van der Waals surface area contributed by atoms with Crippen LogP contribution in [0.25, 0.3) is 0 Å². The van der Waals surface area contributed by atoms with E-state index in [-0.39, 0.29) is 12.8 Å². The standard InChI is InChI=1S/C20H35N2O7/c1-2-3-10-14-19(24)18(22(28)29)16-20(25)17(21(26)27)13-11-8-6-4-5-7-9-12-15-23/h8,11,17-20,24-25H,2-7,9-10,12-14,16H2,1H3/b11-8-. The molecule has 9 nitrogen and oxygen atoms in total. The van der Waals surface area contributed by atoms with E-state index in [0.717, 1.165) is 44.9 Å². The molecule has 4 atom stereocenters. The molecule has 0 aromatic rings. The van der Waals surface area contributed by atoms with Crippen molar-refractivity contribution >= 4 is 6.29 Å². The van der Waals surface area contributed by atoms with E-state index >= 15 is 0 Å². The Balaban J connectivity index is 4.52. The fraction of sp³-hybridized carbons (Fsp3) is 0.850. The van der Waals surface area contributed by atoms with Crippen LogP contribution in [-0.4, -0.2) is 50.6 Å². The number of hydrogen-bond donors (Lipinski definition) is 2. The lowest BCUT2D eigenvalue weighted by Crippen LogP contribution is -2.42. The van der Waals surface area contributed by atoms with Gasteiger partial charge < -0.3 is 10.2 Å². The predicted molar refractivity (Wildman–Crippen MR) is 109 cm³/mol. The van der Waals surface area contributed by atoms with E-state index in [9.17, 15) is 35.2 Å². The van der Waals surface area contributed by atoms with Crippen LogP contribution in [-0.2, 0) is 4.79 Å². The largest absolute Gasteiger partial charge is 0.386 e. The molecule has 0 aliphatic carbocycles. The second-order valence-electron chi connectivity index (χ2n) is 7.38. The van der Waals surface area contributed by atoms with Crippen molar-refractivity contribution < 1.29 is 24.9 Å². The summed E-state index contributed by atoms with van der Waals surface area (Å²) >= 11 is 0. The highest BCUT2D eigenvalue weighted by Gasteiger charge is 2.38. The van der Waals surface area contributed by atoms with Gasteiger partial charge in [0.1, 0.15) is 12.2 Å². The van der Waals surface area contributed by atoms with Crippen molar-refractivity contribution in [3.05, 3.63) is 32.4 Å². The molecule has 0 heterocycles. The number of aliphatic hydroxyl groups is 2. The average molecular weight is 416 g/mol. The highest BCUT2D eigenvalue weighted by molar-refractivity contribution is 5.50. The van der Waals surface area contributed by atoms with Gasteiger partial charge in [-0.05, 0) is 25.7 Å². The highest BCUT2D eigenvalue weighted by Crippen LogP contribution is 2.18. The molecule has 0 amide bonds. The van der Waals surface area contributed by atoms with E-state index in [1.54, 1.807) is 12.2 Å². The van der Waals surface area contributed by atoms with Gasteiger partial charge in [0, 0.05) is 22.7 Å². The molecule has 0 aromatic carbocycles. The fourth-order valence-corrected chi connectivity index (χ4v) is 3.13. The molecule has 0 rings (SSSR count). The fourth-order valence-electron chi connectivity index (χ4n) is 3.13. The second kappa shape index (κ2) is 17.0. The van der Waals surface area contributed by atoms with Crippen LogP contribution in [0.1, 0.15) is 84.0 Å². The molecule has 0 fully saturated rings. The number of hydrogen-bond acceptors (Lipinski definition) is 7. The Bertz CT molecular complexity index is 499. The van der Waals surface area contributed by atoms with Crippen LogP contribution in [0.5, 0.6) is 0 Å². The Morgan fingerprint density at radius 1 is 0.897 bits per heavy atom. The lowest BCUT2D eigenvalue weighted by molar-refractivity contribution is -0.553. The normalized spacial score (nSPS) is 15.7. The second-order valence-corrected chi connectivity index (χ2v) is 7.38. The van der Waals surface area contributed by atoms with Crippen molar-refractivity contribution in [1.82, 2.24) is 0 Å². The van der Waals surface area contributed by atoms with E-state index in [4.69, 9.17) is 0 Å². The number of aliphatic hydroxyl groups excluding tert-OH is 2. The van der Waals surface area contributed by atoms with Crippen LogP contribution in [0, 0.1) is 20.2 Å². The van der Waals surface area contributed by atoms with Gasteiger partial charge in [0.25, 0.3) is 0 Å². The van der Waals surface area contributed by atoms with Crippen molar-refractivity contribution in [3.63, 3.8) is 0 Å². The van der Waals surface area contributed by atoms with Gasteiger partial charge in [0.2, 0.25) is 12.1 Å². The molecule has 0 spiro atoms. The van der Waals surface area contributed by atoms with E-state index in [0.29, 0.717) is 12.8 Å². The number of carbonyl (C=O) groups excluding carboxylic acids is 1.